The van der Waals surface area contributed by atoms with Crippen molar-refractivity contribution in [2.45, 2.75) is 38.3 Å². The molecule has 1 aromatic rings. The van der Waals surface area contributed by atoms with E-state index in [0.29, 0.717) is 18.7 Å². The van der Waals surface area contributed by atoms with Crippen LogP contribution in [0.15, 0.2) is 24.3 Å². The topological polar surface area (TPSA) is 76.4 Å². The van der Waals surface area contributed by atoms with E-state index in [2.05, 4.69) is 11.4 Å². The number of nitrogens with one attached hydrogen (secondary N) is 1. The Morgan fingerprint density at radius 3 is 2.68 bits per heavy atom. The van der Waals surface area contributed by atoms with Gasteiger partial charge in [-0.05, 0) is 30.5 Å². The number of amides is 2. The maximum Gasteiger partial charge on any atom is 0.317 e. The highest BCUT2D eigenvalue weighted by Gasteiger charge is 2.25. The number of aliphatic hydroxyl groups is 1. The Morgan fingerprint density at radius 2 is 2.05 bits per heavy atom. The fourth-order valence-corrected chi connectivity index (χ4v) is 2.85. The number of rotatable bonds is 4. The van der Waals surface area contributed by atoms with Gasteiger partial charge in [-0.1, -0.05) is 25.0 Å². The summed E-state index contributed by atoms with van der Waals surface area (Å²) in [6.07, 6.45) is 3.73. The van der Waals surface area contributed by atoms with Gasteiger partial charge in [0.1, 0.15) is 0 Å². The quantitative estimate of drug-likeness (QED) is 0.895. The maximum absolute atomic E-state index is 12.1. The van der Waals surface area contributed by atoms with Crippen molar-refractivity contribution in [3.8, 4) is 6.07 Å². The van der Waals surface area contributed by atoms with Crippen LogP contribution in [0.1, 0.15) is 36.8 Å². The number of nitriles is 1. The van der Waals surface area contributed by atoms with Crippen molar-refractivity contribution in [2.75, 3.05) is 13.6 Å². The minimum Gasteiger partial charge on any atom is -0.393 e. The summed E-state index contributed by atoms with van der Waals surface area (Å²) in [7, 11) is 1.76. The number of urea groups is 1. The Labute approximate surface area is 131 Å². The number of benzene rings is 1. The first-order valence-corrected chi connectivity index (χ1v) is 7.76. The number of aliphatic hydroxyl groups excluding tert-OH is 1. The summed E-state index contributed by atoms with van der Waals surface area (Å²) < 4.78 is 0. The Balaban J connectivity index is 1.79. The highest BCUT2D eigenvalue weighted by atomic mass is 16.3. The monoisotopic (exact) mass is 301 g/mol. The van der Waals surface area contributed by atoms with Crippen molar-refractivity contribution in [3.05, 3.63) is 35.4 Å². The Morgan fingerprint density at radius 1 is 1.36 bits per heavy atom. The normalized spacial score (nSPS) is 21.0. The van der Waals surface area contributed by atoms with Crippen molar-refractivity contribution in [3.63, 3.8) is 0 Å². The molecule has 0 saturated heterocycles. The molecule has 118 valence electrons. The molecule has 0 radical (unpaired) electrons. The van der Waals surface area contributed by atoms with E-state index in [9.17, 15) is 9.90 Å². The number of carbonyl (C=O) groups is 1. The lowest BCUT2D eigenvalue weighted by atomic mass is 9.86. The zero-order valence-corrected chi connectivity index (χ0v) is 13.0. The molecule has 2 unspecified atom stereocenters. The zero-order chi connectivity index (χ0) is 15.9. The lowest BCUT2D eigenvalue weighted by Crippen LogP contribution is -2.42. The van der Waals surface area contributed by atoms with E-state index in [1.807, 2.05) is 12.1 Å². The molecule has 1 saturated carbocycles. The first-order valence-electron chi connectivity index (χ1n) is 7.76. The molecule has 0 spiro atoms. The molecule has 0 heterocycles. The summed E-state index contributed by atoms with van der Waals surface area (Å²) in [4.78, 5) is 13.7. The third-order valence-corrected chi connectivity index (χ3v) is 4.25. The summed E-state index contributed by atoms with van der Waals surface area (Å²) in [6, 6.07) is 9.08. The highest BCUT2D eigenvalue weighted by Crippen LogP contribution is 2.24. The van der Waals surface area contributed by atoms with E-state index < -0.39 is 0 Å². The summed E-state index contributed by atoms with van der Waals surface area (Å²) in [6.45, 7) is 1.02. The summed E-state index contributed by atoms with van der Waals surface area (Å²) >= 11 is 0. The molecule has 0 aliphatic heterocycles. The fourth-order valence-electron chi connectivity index (χ4n) is 2.85. The van der Waals surface area contributed by atoms with Gasteiger partial charge in [-0.15, -0.1) is 0 Å². The highest BCUT2D eigenvalue weighted by molar-refractivity contribution is 5.73. The number of hydrogen-bond acceptors (Lipinski definition) is 3. The van der Waals surface area contributed by atoms with E-state index in [1.165, 1.54) is 0 Å². The second-order valence-electron chi connectivity index (χ2n) is 5.96. The molecule has 1 aliphatic carbocycles. The molecule has 0 aromatic heterocycles. The van der Waals surface area contributed by atoms with Crippen LogP contribution < -0.4 is 5.32 Å². The number of hydrogen-bond donors (Lipinski definition) is 2. The average Bonchev–Trinajstić information content (AvgIpc) is 2.55. The van der Waals surface area contributed by atoms with Crippen LogP contribution in [-0.4, -0.2) is 35.7 Å². The Bertz CT molecular complexity index is 536. The van der Waals surface area contributed by atoms with Crippen molar-refractivity contribution < 1.29 is 9.90 Å². The van der Waals surface area contributed by atoms with Crippen LogP contribution in [0.25, 0.3) is 0 Å². The molecule has 1 aliphatic rings. The second kappa shape index (κ2) is 7.81. The second-order valence-corrected chi connectivity index (χ2v) is 5.96. The molecule has 22 heavy (non-hydrogen) atoms. The molecular weight excluding hydrogens is 278 g/mol. The molecule has 5 nitrogen and oxygen atoms in total. The van der Waals surface area contributed by atoms with Gasteiger partial charge in [0.2, 0.25) is 0 Å². The predicted octanol–water partition coefficient (Wildman–Crippen LogP) is 2.25. The maximum atomic E-state index is 12.1. The first-order chi connectivity index (χ1) is 10.6. The fraction of sp³-hybridized carbons (Fsp3) is 0.529. The Hall–Kier alpha value is -2.06. The van der Waals surface area contributed by atoms with E-state index in [-0.39, 0.29) is 18.1 Å². The SMILES string of the molecule is CN(CC1CCCCC1O)C(=O)NCc1ccc(C#N)cc1. The van der Waals surface area contributed by atoms with Gasteiger partial charge in [0.15, 0.2) is 0 Å². The van der Waals surface area contributed by atoms with Crippen LogP contribution >= 0.6 is 0 Å². The molecule has 2 rings (SSSR count). The lowest BCUT2D eigenvalue weighted by molar-refractivity contribution is 0.0565. The van der Waals surface area contributed by atoms with Crippen molar-refractivity contribution in [1.29, 1.82) is 5.26 Å². The van der Waals surface area contributed by atoms with Crippen molar-refractivity contribution >= 4 is 6.03 Å². The van der Waals surface area contributed by atoms with Gasteiger partial charge < -0.3 is 15.3 Å². The van der Waals surface area contributed by atoms with Crippen LogP contribution in [0.3, 0.4) is 0 Å². The van der Waals surface area contributed by atoms with Gasteiger partial charge in [0.25, 0.3) is 0 Å². The van der Waals surface area contributed by atoms with E-state index in [4.69, 9.17) is 5.26 Å². The lowest BCUT2D eigenvalue weighted by Gasteiger charge is -2.31. The van der Waals surface area contributed by atoms with Crippen molar-refractivity contribution in [1.82, 2.24) is 10.2 Å². The van der Waals surface area contributed by atoms with Gasteiger partial charge in [-0.2, -0.15) is 5.26 Å². The third kappa shape index (κ3) is 4.47. The van der Waals surface area contributed by atoms with Crippen LogP contribution in [-0.2, 0) is 6.54 Å². The van der Waals surface area contributed by atoms with E-state index >= 15 is 0 Å². The van der Waals surface area contributed by atoms with Crippen LogP contribution in [0.4, 0.5) is 4.79 Å². The molecule has 2 N–H and O–H groups in total. The summed E-state index contributed by atoms with van der Waals surface area (Å²) in [5.74, 6) is 0.180. The zero-order valence-electron chi connectivity index (χ0n) is 13.0. The van der Waals surface area contributed by atoms with Gasteiger partial charge in [0.05, 0.1) is 17.7 Å². The first kappa shape index (κ1) is 16.3. The van der Waals surface area contributed by atoms with Gasteiger partial charge >= 0.3 is 6.03 Å². The van der Waals surface area contributed by atoms with E-state index in [1.54, 1.807) is 24.1 Å². The minimum atomic E-state index is -0.289. The standard InChI is InChI=1S/C17H23N3O2/c1-20(12-15-4-2-3-5-16(15)21)17(22)19-11-14-8-6-13(10-18)7-9-14/h6-9,15-16,21H,2-5,11-12H2,1H3,(H,19,22). The van der Waals surface area contributed by atoms with Gasteiger partial charge in [0, 0.05) is 26.1 Å². The molecule has 0 bridgehead atoms. The largest absolute Gasteiger partial charge is 0.393 e. The van der Waals surface area contributed by atoms with Crippen LogP contribution in [0.5, 0.6) is 0 Å². The van der Waals surface area contributed by atoms with Gasteiger partial charge in [-0.3, -0.25) is 0 Å². The van der Waals surface area contributed by atoms with Gasteiger partial charge in [-0.25, -0.2) is 4.79 Å². The van der Waals surface area contributed by atoms with E-state index in [0.717, 1.165) is 31.2 Å². The summed E-state index contributed by atoms with van der Waals surface area (Å²) in [5.41, 5.74) is 1.57. The molecule has 5 heteroatoms. The summed E-state index contributed by atoms with van der Waals surface area (Å²) in [5, 5.41) is 21.6. The average molecular weight is 301 g/mol. The molecule has 1 fully saturated rings. The Kier molecular flexibility index (Phi) is 5.79. The molecule has 2 atom stereocenters. The molecule has 2 amide bonds. The van der Waals surface area contributed by atoms with Crippen molar-refractivity contribution in [2.24, 2.45) is 5.92 Å². The number of nitrogens with zero attached hydrogens (tertiary/aromatic N) is 2. The van der Waals surface area contributed by atoms with Crippen LogP contribution in [0, 0.1) is 17.2 Å². The number of carbonyl (C=O) groups excluding carboxylic acids is 1. The van der Waals surface area contributed by atoms with Crippen LogP contribution in [0.2, 0.25) is 0 Å². The third-order valence-electron chi connectivity index (χ3n) is 4.25. The molecule has 1 aromatic carbocycles. The predicted molar refractivity (Wildman–Crippen MR) is 84.0 cm³/mol. The minimum absolute atomic E-state index is 0.137. The smallest absolute Gasteiger partial charge is 0.317 e. The molecular formula is C17H23N3O2.